The minimum atomic E-state index is -0.544. The minimum Gasteiger partial charge on any atom is -0.467 e. The lowest BCUT2D eigenvalue weighted by Crippen LogP contribution is -2.18. The first kappa shape index (κ1) is 14.6. The Balaban J connectivity index is 2.37. The number of ether oxygens (including phenoxy) is 1. The van der Waals surface area contributed by atoms with E-state index in [-0.39, 0.29) is 11.3 Å². The second-order valence-electron chi connectivity index (χ2n) is 4.39. The molecule has 0 fully saturated rings. The lowest BCUT2D eigenvalue weighted by molar-refractivity contribution is -0.384. The molecule has 0 amide bonds. The number of nitrogens with zero attached hydrogens (tertiary/aromatic N) is 2. The van der Waals surface area contributed by atoms with Gasteiger partial charge >= 0.3 is 5.97 Å². The standard InChI is InChI=1S/C14H14N2O5/c1-15(9-11-4-3-7-21-11)13-8-10(14(17)20-2)5-6-12(13)16(18)19/h3-8H,9H2,1-2H3. The van der Waals surface area contributed by atoms with Crippen molar-refractivity contribution >= 4 is 17.3 Å². The van der Waals surface area contributed by atoms with Crippen molar-refractivity contribution in [1.29, 1.82) is 0 Å². The molecule has 21 heavy (non-hydrogen) atoms. The summed E-state index contributed by atoms with van der Waals surface area (Å²) in [6.45, 7) is 0.346. The van der Waals surface area contributed by atoms with E-state index in [2.05, 4.69) is 4.74 Å². The summed E-state index contributed by atoms with van der Waals surface area (Å²) in [5.74, 6) is 0.118. The molecule has 7 heteroatoms. The second-order valence-corrected chi connectivity index (χ2v) is 4.39. The van der Waals surface area contributed by atoms with Gasteiger partial charge in [-0.15, -0.1) is 0 Å². The Bertz CT molecular complexity index is 651. The van der Waals surface area contributed by atoms with E-state index in [4.69, 9.17) is 4.42 Å². The number of carbonyl (C=O) groups excluding carboxylic acids is 1. The van der Waals surface area contributed by atoms with Crippen LogP contribution in [0.5, 0.6) is 0 Å². The van der Waals surface area contributed by atoms with Gasteiger partial charge in [-0.1, -0.05) is 0 Å². The third kappa shape index (κ3) is 3.19. The summed E-state index contributed by atoms with van der Waals surface area (Å²) in [7, 11) is 2.95. The van der Waals surface area contributed by atoms with E-state index in [1.807, 2.05) is 0 Å². The molecule has 1 aromatic heterocycles. The summed E-state index contributed by atoms with van der Waals surface area (Å²) in [4.78, 5) is 23.8. The molecule has 110 valence electrons. The van der Waals surface area contributed by atoms with Crippen LogP contribution in [0.1, 0.15) is 16.1 Å². The molecule has 0 saturated carbocycles. The smallest absolute Gasteiger partial charge is 0.337 e. The van der Waals surface area contributed by atoms with E-state index in [0.29, 0.717) is 18.0 Å². The van der Waals surface area contributed by atoms with Crippen LogP contribution in [0.25, 0.3) is 0 Å². The molecule has 0 N–H and O–H groups in total. The zero-order chi connectivity index (χ0) is 15.4. The zero-order valence-corrected chi connectivity index (χ0v) is 11.6. The topological polar surface area (TPSA) is 85.8 Å². The zero-order valence-electron chi connectivity index (χ0n) is 11.6. The second kappa shape index (κ2) is 6.08. The third-order valence-electron chi connectivity index (χ3n) is 2.98. The van der Waals surface area contributed by atoms with Crippen molar-refractivity contribution < 1.29 is 18.9 Å². The largest absolute Gasteiger partial charge is 0.467 e. The maximum atomic E-state index is 11.6. The highest BCUT2D eigenvalue weighted by Gasteiger charge is 2.20. The SMILES string of the molecule is COC(=O)c1ccc([N+](=O)[O-])c(N(C)Cc2ccco2)c1. The molecule has 0 atom stereocenters. The van der Waals surface area contributed by atoms with Crippen molar-refractivity contribution in [3.63, 3.8) is 0 Å². The Kier molecular flexibility index (Phi) is 4.22. The fraction of sp³-hybridized carbons (Fsp3) is 0.214. The number of esters is 1. The Hall–Kier alpha value is -2.83. The first-order chi connectivity index (χ1) is 10.0. The monoisotopic (exact) mass is 290 g/mol. The van der Waals surface area contributed by atoms with E-state index in [0.717, 1.165) is 0 Å². The summed E-state index contributed by atoms with van der Waals surface area (Å²) in [6.07, 6.45) is 1.53. The van der Waals surface area contributed by atoms with E-state index in [1.165, 1.54) is 31.6 Å². The predicted octanol–water partition coefficient (Wildman–Crippen LogP) is 2.61. The highest BCUT2D eigenvalue weighted by atomic mass is 16.6. The maximum Gasteiger partial charge on any atom is 0.337 e. The molecule has 0 radical (unpaired) electrons. The number of anilines is 1. The Morgan fingerprint density at radius 1 is 1.43 bits per heavy atom. The number of nitro groups is 1. The molecule has 7 nitrogen and oxygen atoms in total. The summed E-state index contributed by atoms with van der Waals surface area (Å²) in [5, 5.41) is 11.1. The third-order valence-corrected chi connectivity index (χ3v) is 2.98. The van der Waals surface area contributed by atoms with Crippen LogP contribution in [-0.2, 0) is 11.3 Å². The van der Waals surface area contributed by atoms with Crippen molar-refractivity contribution in [2.24, 2.45) is 0 Å². The van der Waals surface area contributed by atoms with Gasteiger partial charge in [0.05, 0.1) is 30.4 Å². The van der Waals surface area contributed by atoms with E-state index < -0.39 is 10.9 Å². The Morgan fingerprint density at radius 3 is 2.76 bits per heavy atom. The Labute approximate surface area is 120 Å². The van der Waals surface area contributed by atoms with Crippen LogP contribution in [0.15, 0.2) is 41.0 Å². The number of benzene rings is 1. The molecule has 0 unspecified atom stereocenters. The van der Waals surface area contributed by atoms with Crippen LogP contribution < -0.4 is 4.90 Å². The lowest BCUT2D eigenvalue weighted by Gasteiger charge is -2.18. The van der Waals surface area contributed by atoms with Gasteiger partial charge < -0.3 is 14.1 Å². The summed E-state index contributed by atoms with van der Waals surface area (Å²) >= 11 is 0. The van der Waals surface area contributed by atoms with Gasteiger partial charge in [-0.2, -0.15) is 0 Å². The molecule has 0 aliphatic carbocycles. The van der Waals surface area contributed by atoms with Crippen molar-refractivity contribution in [1.82, 2.24) is 0 Å². The average molecular weight is 290 g/mol. The number of carbonyl (C=O) groups is 1. The van der Waals surface area contributed by atoms with Crippen molar-refractivity contribution in [3.8, 4) is 0 Å². The van der Waals surface area contributed by atoms with Gasteiger partial charge in [-0.25, -0.2) is 4.79 Å². The molecule has 1 heterocycles. The fourth-order valence-electron chi connectivity index (χ4n) is 1.95. The van der Waals surface area contributed by atoms with Gasteiger partial charge in [0.2, 0.25) is 0 Å². The predicted molar refractivity (Wildman–Crippen MR) is 75.3 cm³/mol. The summed E-state index contributed by atoms with van der Waals surface area (Å²) in [5.41, 5.74) is 0.486. The lowest BCUT2D eigenvalue weighted by atomic mass is 10.1. The van der Waals surface area contributed by atoms with E-state index >= 15 is 0 Å². The van der Waals surface area contributed by atoms with Gasteiger partial charge in [0.25, 0.3) is 5.69 Å². The molecule has 0 bridgehead atoms. The Morgan fingerprint density at radius 2 is 2.19 bits per heavy atom. The molecule has 0 saturated heterocycles. The van der Waals surface area contributed by atoms with Crippen molar-refractivity contribution in [3.05, 3.63) is 58.0 Å². The molecule has 2 aromatic rings. The number of furan rings is 1. The molecule has 2 rings (SSSR count). The minimum absolute atomic E-state index is 0.0864. The first-order valence-electron chi connectivity index (χ1n) is 6.13. The summed E-state index contributed by atoms with van der Waals surface area (Å²) < 4.78 is 9.85. The number of hydrogen-bond acceptors (Lipinski definition) is 6. The van der Waals surface area contributed by atoms with Crippen molar-refractivity contribution in [2.75, 3.05) is 19.1 Å². The number of hydrogen-bond donors (Lipinski definition) is 0. The number of rotatable bonds is 5. The van der Waals surface area contributed by atoms with Crippen LogP contribution in [-0.4, -0.2) is 25.1 Å². The molecule has 0 spiro atoms. The number of methoxy groups -OCH3 is 1. The van der Waals surface area contributed by atoms with Gasteiger partial charge in [0, 0.05) is 13.1 Å². The molecular formula is C14H14N2O5. The van der Waals surface area contributed by atoms with E-state index in [9.17, 15) is 14.9 Å². The van der Waals surface area contributed by atoms with E-state index in [1.54, 1.807) is 24.1 Å². The van der Waals surface area contributed by atoms with Crippen LogP contribution in [0.2, 0.25) is 0 Å². The molecule has 1 aromatic carbocycles. The highest BCUT2D eigenvalue weighted by Crippen LogP contribution is 2.29. The van der Waals surface area contributed by atoms with Gasteiger partial charge in [0.1, 0.15) is 11.4 Å². The maximum absolute atomic E-state index is 11.6. The van der Waals surface area contributed by atoms with Gasteiger partial charge in [-0.3, -0.25) is 10.1 Å². The summed E-state index contributed by atoms with van der Waals surface area (Å²) in [6, 6.07) is 7.61. The fourth-order valence-corrected chi connectivity index (χ4v) is 1.95. The van der Waals surface area contributed by atoms with Gasteiger partial charge in [-0.05, 0) is 24.3 Å². The highest BCUT2D eigenvalue weighted by molar-refractivity contribution is 5.91. The van der Waals surface area contributed by atoms with Gasteiger partial charge in [0.15, 0.2) is 0 Å². The normalized spacial score (nSPS) is 10.2. The first-order valence-corrected chi connectivity index (χ1v) is 6.13. The number of nitro benzene ring substituents is 1. The van der Waals surface area contributed by atoms with Crippen LogP contribution >= 0.6 is 0 Å². The van der Waals surface area contributed by atoms with Crippen LogP contribution in [0, 0.1) is 10.1 Å². The average Bonchev–Trinajstić information content (AvgIpc) is 2.98. The van der Waals surface area contributed by atoms with Crippen LogP contribution in [0.4, 0.5) is 11.4 Å². The molecule has 0 aliphatic heterocycles. The quantitative estimate of drug-likeness (QED) is 0.478. The molecular weight excluding hydrogens is 276 g/mol. The molecule has 0 aliphatic rings. The van der Waals surface area contributed by atoms with Crippen molar-refractivity contribution in [2.45, 2.75) is 6.54 Å². The van der Waals surface area contributed by atoms with Crippen LogP contribution in [0.3, 0.4) is 0 Å².